The molecule has 0 saturated carbocycles. The van der Waals surface area contributed by atoms with Gasteiger partial charge in [-0.1, -0.05) is 6.07 Å². The lowest BCUT2D eigenvalue weighted by Gasteiger charge is -2.22. The fraction of sp³-hybridized carbons (Fsp3) is 0.429. The number of hydrogen-bond acceptors (Lipinski definition) is 5. The monoisotopic (exact) mass is 274 g/mol. The summed E-state index contributed by atoms with van der Waals surface area (Å²) in [6, 6.07) is 6.58. The lowest BCUT2D eigenvalue weighted by atomic mass is 10.2. The van der Waals surface area contributed by atoms with Crippen LogP contribution in [0.5, 0.6) is 0 Å². The van der Waals surface area contributed by atoms with Gasteiger partial charge in [-0.15, -0.1) is 11.3 Å². The van der Waals surface area contributed by atoms with E-state index < -0.39 is 0 Å². The zero-order chi connectivity index (χ0) is 13.1. The topological polar surface area (TPSA) is 41.1 Å². The average molecular weight is 274 g/mol. The van der Waals surface area contributed by atoms with Crippen molar-refractivity contribution in [1.82, 2.24) is 20.2 Å². The number of aromatic nitrogens is 2. The van der Waals surface area contributed by atoms with Crippen LogP contribution in [0.1, 0.15) is 12.1 Å². The lowest BCUT2D eigenvalue weighted by molar-refractivity contribution is 0.246. The van der Waals surface area contributed by atoms with Crippen LogP contribution in [0.3, 0.4) is 0 Å². The minimum atomic E-state index is 0.639. The van der Waals surface area contributed by atoms with Gasteiger partial charge in [-0.25, -0.2) is 4.98 Å². The Labute approximate surface area is 117 Å². The van der Waals surface area contributed by atoms with Gasteiger partial charge >= 0.3 is 0 Å². The summed E-state index contributed by atoms with van der Waals surface area (Å²) in [5.74, 6) is 0. The highest BCUT2D eigenvalue weighted by Crippen LogP contribution is 2.22. The molecular weight excluding hydrogens is 256 g/mol. The van der Waals surface area contributed by atoms with Crippen LogP contribution < -0.4 is 5.32 Å². The van der Waals surface area contributed by atoms with Crippen LogP contribution in [0.25, 0.3) is 10.7 Å². The second-order valence-electron chi connectivity index (χ2n) is 4.92. The van der Waals surface area contributed by atoms with Gasteiger partial charge in [0.15, 0.2) is 0 Å². The largest absolute Gasteiger partial charge is 0.315 e. The van der Waals surface area contributed by atoms with Gasteiger partial charge in [0.25, 0.3) is 0 Å². The van der Waals surface area contributed by atoms with Crippen LogP contribution in [-0.4, -0.2) is 41.0 Å². The van der Waals surface area contributed by atoms with Crippen molar-refractivity contribution in [2.45, 2.75) is 19.0 Å². The van der Waals surface area contributed by atoms with Crippen molar-refractivity contribution in [3.63, 3.8) is 0 Å². The molecule has 2 aromatic rings. The first-order valence-corrected chi connectivity index (χ1v) is 7.47. The molecule has 1 aliphatic heterocycles. The summed E-state index contributed by atoms with van der Waals surface area (Å²) in [6.45, 7) is 3.13. The normalized spacial score (nSPS) is 19.2. The van der Waals surface area contributed by atoms with Crippen molar-refractivity contribution in [1.29, 1.82) is 0 Å². The fourth-order valence-corrected chi connectivity index (χ4v) is 3.17. The molecule has 0 aliphatic carbocycles. The van der Waals surface area contributed by atoms with Crippen LogP contribution in [-0.2, 0) is 6.54 Å². The number of likely N-dealkylation sites (N-methyl/N-ethyl adjacent to an activating group) is 1. The standard InChI is InChI=1S/C14H18N4S/c1-18(12-5-7-15-8-12)9-11-10-19-14(17-11)13-4-2-3-6-16-13/h2-4,6,10,12,15H,5,7-9H2,1H3. The highest BCUT2D eigenvalue weighted by Gasteiger charge is 2.19. The zero-order valence-corrected chi connectivity index (χ0v) is 11.9. The number of nitrogens with one attached hydrogen (secondary N) is 1. The van der Waals surface area contributed by atoms with Gasteiger partial charge in [-0.05, 0) is 32.1 Å². The van der Waals surface area contributed by atoms with E-state index in [9.17, 15) is 0 Å². The second-order valence-corrected chi connectivity index (χ2v) is 5.78. The molecule has 19 heavy (non-hydrogen) atoms. The van der Waals surface area contributed by atoms with Gasteiger partial charge in [0.05, 0.1) is 11.4 Å². The molecule has 1 unspecified atom stereocenters. The minimum absolute atomic E-state index is 0.639. The van der Waals surface area contributed by atoms with Gasteiger partial charge in [-0.2, -0.15) is 0 Å². The third-order valence-corrected chi connectivity index (χ3v) is 4.42. The Hall–Kier alpha value is -1.30. The molecule has 0 radical (unpaired) electrons. The number of thiazole rings is 1. The molecule has 100 valence electrons. The summed E-state index contributed by atoms with van der Waals surface area (Å²) in [4.78, 5) is 11.4. The van der Waals surface area contributed by atoms with E-state index in [2.05, 4.69) is 32.6 Å². The quantitative estimate of drug-likeness (QED) is 0.926. The highest BCUT2D eigenvalue weighted by molar-refractivity contribution is 7.13. The number of hydrogen-bond donors (Lipinski definition) is 1. The van der Waals surface area contributed by atoms with Crippen LogP contribution in [0.2, 0.25) is 0 Å². The summed E-state index contributed by atoms with van der Waals surface area (Å²) in [5, 5.41) is 6.55. The van der Waals surface area contributed by atoms with Crippen LogP contribution in [0, 0.1) is 0 Å². The van der Waals surface area contributed by atoms with Crippen LogP contribution in [0.15, 0.2) is 29.8 Å². The van der Waals surface area contributed by atoms with E-state index in [1.165, 1.54) is 6.42 Å². The van der Waals surface area contributed by atoms with Gasteiger partial charge in [-0.3, -0.25) is 9.88 Å². The van der Waals surface area contributed by atoms with E-state index in [1.807, 2.05) is 24.4 Å². The molecule has 2 aromatic heterocycles. The molecule has 1 fully saturated rings. The Bertz CT molecular complexity index is 519. The van der Waals surface area contributed by atoms with E-state index in [4.69, 9.17) is 0 Å². The fourth-order valence-electron chi connectivity index (χ4n) is 2.39. The van der Waals surface area contributed by atoms with Crippen molar-refractivity contribution < 1.29 is 0 Å². The first kappa shape index (κ1) is 12.7. The third kappa shape index (κ3) is 3.00. The molecule has 5 heteroatoms. The van der Waals surface area contributed by atoms with E-state index in [-0.39, 0.29) is 0 Å². The Kier molecular flexibility index (Phi) is 3.87. The van der Waals surface area contributed by atoms with Crippen molar-refractivity contribution in [3.8, 4) is 10.7 Å². The van der Waals surface area contributed by atoms with Gasteiger partial charge in [0.2, 0.25) is 0 Å². The van der Waals surface area contributed by atoms with E-state index in [0.717, 1.165) is 36.0 Å². The van der Waals surface area contributed by atoms with Crippen molar-refractivity contribution in [2.75, 3.05) is 20.1 Å². The smallest absolute Gasteiger partial charge is 0.142 e. The Morgan fingerprint density at radius 2 is 2.42 bits per heavy atom. The van der Waals surface area contributed by atoms with E-state index >= 15 is 0 Å². The summed E-state index contributed by atoms with van der Waals surface area (Å²) in [6.07, 6.45) is 3.04. The molecule has 3 heterocycles. The molecule has 1 aliphatic rings. The van der Waals surface area contributed by atoms with Crippen molar-refractivity contribution >= 4 is 11.3 Å². The van der Waals surface area contributed by atoms with Gasteiger partial charge in [0.1, 0.15) is 5.01 Å². The van der Waals surface area contributed by atoms with Crippen molar-refractivity contribution in [3.05, 3.63) is 35.5 Å². The third-order valence-electron chi connectivity index (χ3n) is 3.50. The second kappa shape index (κ2) is 5.77. The maximum absolute atomic E-state index is 4.69. The maximum atomic E-state index is 4.69. The maximum Gasteiger partial charge on any atom is 0.142 e. The lowest BCUT2D eigenvalue weighted by Crippen LogP contribution is -2.32. The molecule has 3 rings (SSSR count). The number of pyridine rings is 1. The van der Waals surface area contributed by atoms with Gasteiger partial charge < -0.3 is 5.32 Å². The Balaban J connectivity index is 1.68. The molecule has 1 saturated heterocycles. The summed E-state index contributed by atoms with van der Waals surface area (Å²) in [5.41, 5.74) is 2.10. The molecular formula is C14H18N4S. The highest BCUT2D eigenvalue weighted by atomic mass is 32.1. The van der Waals surface area contributed by atoms with Gasteiger partial charge in [0, 0.05) is 30.7 Å². The predicted octanol–water partition coefficient (Wildman–Crippen LogP) is 2.00. The Morgan fingerprint density at radius 1 is 1.47 bits per heavy atom. The molecule has 0 bridgehead atoms. The first-order valence-electron chi connectivity index (χ1n) is 6.59. The molecule has 1 N–H and O–H groups in total. The summed E-state index contributed by atoms with van der Waals surface area (Å²) >= 11 is 1.67. The Morgan fingerprint density at radius 3 is 3.16 bits per heavy atom. The average Bonchev–Trinajstić information content (AvgIpc) is 3.11. The van der Waals surface area contributed by atoms with E-state index in [0.29, 0.717) is 6.04 Å². The zero-order valence-electron chi connectivity index (χ0n) is 11.0. The predicted molar refractivity (Wildman–Crippen MR) is 78.1 cm³/mol. The van der Waals surface area contributed by atoms with Crippen molar-refractivity contribution in [2.24, 2.45) is 0 Å². The molecule has 4 nitrogen and oxygen atoms in total. The molecule has 0 amide bonds. The summed E-state index contributed by atoms with van der Waals surface area (Å²) < 4.78 is 0. The van der Waals surface area contributed by atoms with Crippen LogP contribution in [0.4, 0.5) is 0 Å². The first-order chi connectivity index (χ1) is 9.33. The summed E-state index contributed by atoms with van der Waals surface area (Å²) in [7, 11) is 2.18. The van der Waals surface area contributed by atoms with E-state index in [1.54, 1.807) is 11.3 Å². The number of rotatable bonds is 4. The molecule has 1 atom stereocenters. The molecule has 0 spiro atoms. The number of nitrogens with zero attached hydrogens (tertiary/aromatic N) is 3. The van der Waals surface area contributed by atoms with Crippen LogP contribution >= 0.6 is 11.3 Å². The SMILES string of the molecule is CN(Cc1csc(-c2ccccn2)n1)C1CCNC1. The minimum Gasteiger partial charge on any atom is -0.315 e. The molecule has 0 aromatic carbocycles.